The third kappa shape index (κ3) is 9.32. The first kappa shape index (κ1) is 40.2. The average molecular weight is 912 g/mol. The SMILES string of the molecule is CC(C)C(C)c1ccnc(-c2[c-]ccc3c2oc2nc(C4CCCCC4)ccc23)c1.C[Si](C)(C)c1cnc(-c2[c-]cccc2)cc1CC1CCCCC1.[Ir]. The van der Waals surface area contributed by atoms with Crippen LogP contribution < -0.4 is 5.19 Å². The summed E-state index contributed by atoms with van der Waals surface area (Å²) in [5, 5.41) is 3.71. The molecule has 0 saturated heterocycles. The van der Waals surface area contributed by atoms with Gasteiger partial charge in [-0.05, 0) is 71.8 Å². The second-order valence-electron chi connectivity index (χ2n) is 17.1. The molecule has 0 spiro atoms. The van der Waals surface area contributed by atoms with Crippen molar-refractivity contribution < 1.29 is 24.5 Å². The molecule has 2 saturated carbocycles. The van der Waals surface area contributed by atoms with Crippen LogP contribution in [0, 0.1) is 24.0 Å². The van der Waals surface area contributed by atoms with E-state index in [1.54, 1.807) is 10.8 Å². The molecule has 2 fully saturated rings. The number of aromatic nitrogens is 3. The van der Waals surface area contributed by atoms with Crippen LogP contribution in [0.3, 0.4) is 0 Å². The molecular formula is C48H57IrN3OSi-2. The molecule has 0 amide bonds. The molecule has 1 radical (unpaired) electrons. The van der Waals surface area contributed by atoms with Gasteiger partial charge in [-0.25, -0.2) is 4.98 Å². The Kier molecular flexibility index (Phi) is 13.4. The van der Waals surface area contributed by atoms with E-state index in [9.17, 15) is 0 Å². The number of fused-ring (bicyclic) bond motifs is 3. The van der Waals surface area contributed by atoms with E-state index in [1.807, 2.05) is 24.4 Å². The standard InChI is InChI=1S/C27H29N2O.C21H28NSi.Ir/c1-17(2)18(3)20-14-15-28-25(16-20)23-11-7-10-21-22-12-13-24(19-8-5-4-6-9-19)29-27(22)30-26(21)23;1-23(2,3)21-16-22-20(18-12-8-5-9-13-18)15-19(21)14-17-10-6-4-7-11-17;/h7,10,12-19H,4-6,8-9H2,1-3H3;5,8-9,12,15-17H,4,6-7,10-11,14H2,1-3H3;/q2*-1;. The second kappa shape index (κ2) is 18.0. The summed E-state index contributed by atoms with van der Waals surface area (Å²) >= 11 is 0. The van der Waals surface area contributed by atoms with Gasteiger partial charge in [-0.15, -0.1) is 54.1 Å². The molecule has 2 aliphatic rings. The maximum absolute atomic E-state index is 6.33. The van der Waals surface area contributed by atoms with Crippen molar-refractivity contribution >= 4 is 35.3 Å². The Hall–Kier alpha value is -3.44. The molecule has 54 heavy (non-hydrogen) atoms. The molecule has 8 rings (SSSR count). The molecule has 1 unspecified atom stereocenters. The van der Waals surface area contributed by atoms with Gasteiger partial charge >= 0.3 is 0 Å². The Morgan fingerprint density at radius 1 is 0.778 bits per heavy atom. The third-order valence-electron chi connectivity index (χ3n) is 11.9. The minimum absolute atomic E-state index is 0. The van der Waals surface area contributed by atoms with Crippen LogP contribution in [-0.2, 0) is 26.5 Å². The zero-order chi connectivity index (χ0) is 37.0. The molecule has 2 aromatic carbocycles. The van der Waals surface area contributed by atoms with Crippen LogP contribution in [0.15, 0.2) is 83.5 Å². The van der Waals surface area contributed by atoms with Gasteiger partial charge in [0.05, 0.1) is 13.7 Å². The van der Waals surface area contributed by atoms with Crippen molar-refractivity contribution in [3.8, 4) is 22.5 Å². The van der Waals surface area contributed by atoms with E-state index >= 15 is 0 Å². The molecule has 4 nitrogen and oxygen atoms in total. The normalized spacial score (nSPS) is 16.2. The van der Waals surface area contributed by atoms with Crippen molar-refractivity contribution in [1.29, 1.82) is 0 Å². The first-order valence-electron chi connectivity index (χ1n) is 20.3. The fourth-order valence-electron chi connectivity index (χ4n) is 8.45. The predicted octanol–water partition coefficient (Wildman–Crippen LogP) is 12.9. The largest absolute Gasteiger partial charge is 0.486 e. The maximum Gasteiger partial charge on any atom is 0.216 e. The summed E-state index contributed by atoms with van der Waals surface area (Å²) < 4.78 is 6.33. The smallest absolute Gasteiger partial charge is 0.216 e. The molecule has 0 aliphatic heterocycles. The summed E-state index contributed by atoms with van der Waals surface area (Å²) in [6, 6.07) is 30.0. The van der Waals surface area contributed by atoms with Gasteiger partial charge in [0.15, 0.2) is 0 Å². The molecule has 6 heteroatoms. The van der Waals surface area contributed by atoms with Gasteiger partial charge in [0.1, 0.15) is 0 Å². The van der Waals surface area contributed by atoms with Gasteiger partial charge in [-0.1, -0.05) is 126 Å². The van der Waals surface area contributed by atoms with Crippen LogP contribution in [0.25, 0.3) is 44.6 Å². The summed E-state index contributed by atoms with van der Waals surface area (Å²) in [4.78, 5) is 14.4. The molecule has 1 atom stereocenters. The van der Waals surface area contributed by atoms with Crippen molar-refractivity contribution in [2.45, 2.75) is 123 Å². The van der Waals surface area contributed by atoms with Crippen molar-refractivity contribution in [2.75, 3.05) is 0 Å². The Morgan fingerprint density at radius 3 is 2.24 bits per heavy atom. The van der Waals surface area contributed by atoms with E-state index in [1.165, 1.54) is 81.9 Å². The quantitative estimate of drug-likeness (QED) is 0.113. The fraction of sp³-hybridized carbons (Fsp3) is 0.438. The molecule has 0 bridgehead atoms. The summed E-state index contributed by atoms with van der Waals surface area (Å²) in [7, 11) is -1.36. The molecule has 2 aliphatic carbocycles. The first-order chi connectivity index (χ1) is 25.7. The molecule has 4 aromatic heterocycles. The summed E-state index contributed by atoms with van der Waals surface area (Å²) in [6.45, 7) is 14.1. The van der Waals surface area contributed by atoms with Gasteiger partial charge in [-0.2, -0.15) is 0 Å². The van der Waals surface area contributed by atoms with Crippen LogP contribution >= 0.6 is 0 Å². The topological polar surface area (TPSA) is 51.8 Å². The van der Waals surface area contributed by atoms with Crippen molar-refractivity contribution in [3.63, 3.8) is 0 Å². The van der Waals surface area contributed by atoms with Crippen molar-refractivity contribution in [1.82, 2.24) is 15.0 Å². The molecule has 0 N–H and O–H groups in total. The fourth-order valence-corrected chi connectivity index (χ4v) is 10.0. The van der Waals surface area contributed by atoms with Gasteiger partial charge in [0, 0.05) is 49.5 Å². The summed E-state index contributed by atoms with van der Waals surface area (Å²) in [5.74, 6) is 2.49. The van der Waals surface area contributed by atoms with Crippen molar-refractivity contribution in [3.05, 3.63) is 108 Å². The Balaban J connectivity index is 0.000000187. The summed E-state index contributed by atoms with van der Waals surface area (Å²) in [6.07, 6.45) is 18.8. The van der Waals surface area contributed by atoms with E-state index in [0.29, 0.717) is 17.8 Å². The van der Waals surface area contributed by atoms with E-state index in [-0.39, 0.29) is 20.1 Å². The van der Waals surface area contributed by atoms with Crippen LogP contribution in [-0.4, -0.2) is 23.0 Å². The molecular weight excluding hydrogens is 855 g/mol. The van der Waals surface area contributed by atoms with Gasteiger partial charge in [-0.3, -0.25) is 0 Å². The maximum atomic E-state index is 6.33. The number of benzene rings is 2. The van der Waals surface area contributed by atoms with E-state index in [0.717, 1.165) is 50.5 Å². The Bertz CT molecular complexity index is 2120. The zero-order valence-corrected chi connectivity index (χ0v) is 36.6. The Morgan fingerprint density at radius 2 is 1.54 bits per heavy atom. The zero-order valence-electron chi connectivity index (χ0n) is 33.2. The average Bonchev–Trinajstić information content (AvgIpc) is 3.57. The van der Waals surface area contributed by atoms with Gasteiger partial charge in [0.25, 0.3) is 0 Å². The Labute approximate surface area is 338 Å². The van der Waals surface area contributed by atoms with E-state index in [2.05, 4.69) is 112 Å². The minimum atomic E-state index is -1.36. The van der Waals surface area contributed by atoms with Crippen molar-refractivity contribution in [2.24, 2.45) is 11.8 Å². The van der Waals surface area contributed by atoms with E-state index in [4.69, 9.17) is 14.4 Å². The van der Waals surface area contributed by atoms with Crippen LogP contribution in [0.2, 0.25) is 19.6 Å². The van der Waals surface area contributed by atoms with Gasteiger partial charge < -0.3 is 14.4 Å². The monoisotopic (exact) mass is 912 g/mol. The molecule has 285 valence electrons. The first-order valence-corrected chi connectivity index (χ1v) is 23.8. The molecule has 6 aromatic rings. The van der Waals surface area contributed by atoms with Crippen LogP contribution in [0.5, 0.6) is 0 Å². The molecule has 4 heterocycles. The number of pyridine rings is 3. The van der Waals surface area contributed by atoms with Crippen LogP contribution in [0.4, 0.5) is 0 Å². The number of furan rings is 1. The van der Waals surface area contributed by atoms with Gasteiger partial charge in [0.2, 0.25) is 5.71 Å². The number of rotatable bonds is 8. The number of hydrogen-bond donors (Lipinski definition) is 0. The van der Waals surface area contributed by atoms with Crippen LogP contribution in [0.1, 0.15) is 114 Å². The van der Waals surface area contributed by atoms with E-state index < -0.39 is 8.07 Å². The summed E-state index contributed by atoms with van der Waals surface area (Å²) in [5.41, 5.74) is 9.63. The number of nitrogens with zero attached hydrogens (tertiary/aromatic N) is 3. The second-order valence-corrected chi connectivity index (χ2v) is 22.1. The predicted molar refractivity (Wildman–Crippen MR) is 224 cm³/mol. The third-order valence-corrected chi connectivity index (χ3v) is 14.0. The number of hydrogen-bond acceptors (Lipinski definition) is 4. The minimum Gasteiger partial charge on any atom is -0.486 e.